The Labute approximate surface area is 344 Å². The quantitative estimate of drug-likeness (QED) is 0.0818. The van der Waals surface area contributed by atoms with E-state index in [1.54, 1.807) is 43.3 Å². The Bertz CT molecular complexity index is 2480. The van der Waals surface area contributed by atoms with Crippen molar-refractivity contribution in [1.29, 1.82) is 0 Å². The van der Waals surface area contributed by atoms with Crippen LogP contribution in [0.1, 0.15) is 29.3 Å². The van der Waals surface area contributed by atoms with Gasteiger partial charge in [0.2, 0.25) is 0 Å². The van der Waals surface area contributed by atoms with E-state index in [-0.39, 0.29) is 21.9 Å². The van der Waals surface area contributed by atoms with Crippen LogP contribution in [0.4, 0.5) is 22.7 Å². The lowest BCUT2D eigenvalue weighted by molar-refractivity contribution is -0.384. The molecule has 16 heteroatoms. The van der Waals surface area contributed by atoms with E-state index in [1.807, 2.05) is 60.1 Å². The number of hydrogen-bond acceptors (Lipinski definition) is 11. The molecule has 1 amide bonds. The first-order valence-electron chi connectivity index (χ1n) is 18.7. The minimum Gasteiger partial charge on any atom is -0.378 e. The summed E-state index contributed by atoms with van der Waals surface area (Å²) in [5, 5.41) is 15.7. The first-order chi connectivity index (χ1) is 27.6. The molecule has 0 unspecified atom stereocenters. The van der Waals surface area contributed by atoms with Gasteiger partial charge in [0.25, 0.3) is 21.6 Å². The van der Waals surface area contributed by atoms with E-state index < -0.39 is 47.3 Å². The Morgan fingerprint density at radius 1 is 0.845 bits per heavy atom. The highest BCUT2D eigenvalue weighted by Crippen LogP contribution is 2.30. The third kappa shape index (κ3) is 10.1. The first-order valence-corrected chi connectivity index (χ1v) is 22.2. The Hall–Kier alpha value is -5.48. The average molecular weight is 845 g/mol. The predicted octanol–water partition coefficient (Wildman–Crippen LogP) is 7.09. The number of hydrogen-bond donors (Lipinski definition) is 2. The molecule has 0 aliphatic carbocycles. The van der Waals surface area contributed by atoms with E-state index in [4.69, 9.17) is 11.6 Å². The summed E-state index contributed by atoms with van der Waals surface area (Å²) in [6.07, 6.45) is 0.304. The van der Waals surface area contributed by atoms with Crippen molar-refractivity contribution in [2.24, 2.45) is 0 Å². The number of sulfone groups is 1. The summed E-state index contributed by atoms with van der Waals surface area (Å²) in [4.78, 5) is 30.5. The molecule has 0 spiro atoms. The fourth-order valence-electron chi connectivity index (χ4n) is 6.78. The van der Waals surface area contributed by atoms with Crippen LogP contribution in [-0.4, -0.2) is 84.6 Å². The number of nitro groups is 1. The van der Waals surface area contributed by atoms with Crippen LogP contribution >= 0.6 is 11.6 Å². The largest absolute Gasteiger partial charge is 0.378 e. The van der Waals surface area contributed by atoms with Crippen molar-refractivity contribution < 1.29 is 26.6 Å². The smallest absolute Gasteiger partial charge is 0.293 e. The second-order valence-electron chi connectivity index (χ2n) is 14.3. The summed E-state index contributed by atoms with van der Waals surface area (Å²) in [7, 11) is -4.62. The van der Waals surface area contributed by atoms with Gasteiger partial charge in [0.1, 0.15) is 5.69 Å². The molecule has 304 valence electrons. The molecule has 1 atom stereocenters. The van der Waals surface area contributed by atoms with Gasteiger partial charge in [-0.3, -0.25) is 19.8 Å². The van der Waals surface area contributed by atoms with E-state index in [0.717, 1.165) is 61.8 Å². The molecule has 0 saturated carbocycles. The molecular formula is C42H45ClN6O7S2. The summed E-state index contributed by atoms with van der Waals surface area (Å²) in [6.45, 7) is 5.68. The number of carbonyl (C=O) groups excluding carboxylic acids is 1. The molecule has 6 rings (SSSR count). The van der Waals surface area contributed by atoms with Gasteiger partial charge in [0, 0.05) is 80.9 Å². The molecule has 1 aliphatic heterocycles. The summed E-state index contributed by atoms with van der Waals surface area (Å²) in [5.74, 6) is -1.25. The zero-order valence-corrected chi connectivity index (χ0v) is 34.7. The number of halogens is 1. The first kappa shape index (κ1) is 42.1. The molecule has 0 aromatic heterocycles. The maximum absolute atomic E-state index is 13.3. The van der Waals surface area contributed by atoms with Gasteiger partial charge < -0.3 is 15.1 Å². The van der Waals surface area contributed by atoms with E-state index in [2.05, 4.69) is 27.2 Å². The van der Waals surface area contributed by atoms with Crippen LogP contribution in [0, 0.1) is 10.1 Å². The average Bonchev–Trinajstić information content (AvgIpc) is 3.21. The number of carbonyl (C=O) groups is 1. The van der Waals surface area contributed by atoms with Crippen LogP contribution in [0.3, 0.4) is 0 Å². The van der Waals surface area contributed by atoms with Crippen molar-refractivity contribution in [3.63, 3.8) is 0 Å². The second kappa shape index (κ2) is 18.0. The number of nitro benzene ring substituents is 1. The highest BCUT2D eigenvalue weighted by molar-refractivity contribution is 7.91. The number of nitrogens with zero attached hydrogens (tertiary/aromatic N) is 4. The molecule has 1 saturated heterocycles. The van der Waals surface area contributed by atoms with Gasteiger partial charge in [-0.25, -0.2) is 21.6 Å². The highest BCUT2D eigenvalue weighted by atomic mass is 35.5. The summed E-state index contributed by atoms with van der Waals surface area (Å²) in [6, 6.07) is 31.6. The standard InChI is InChI=1S/C42H45ClN6O7S2/c1-4-34(29-57(53,54)37-19-17-35(18-20-37)46(2)3)44-40-22-21-38(27-41(40)49(51)52)58(55,56)45-42(50)31-11-15-36(16-12-31)48-25-23-47(24-26-48)28-32-7-5-6-8-39(32)30-9-13-33(43)14-10-30/h5-22,27,34,44H,4,23-26,28-29H2,1-3H3,(H,45,50)/t34-/m1/s1. The van der Waals surface area contributed by atoms with E-state index in [1.165, 1.54) is 29.3 Å². The lowest BCUT2D eigenvalue weighted by atomic mass is 9.99. The van der Waals surface area contributed by atoms with Crippen molar-refractivity contribution in [3.05, 3.63) is 142 Å². The van der Waals surface area contributed by atoms with Crippen LogP contribution in [0.2, 0.25) is 5.02 Å². The van der Waals surface area contributed by atoms with Crippen LogP contribution < -0.4 is 19.8 Å². The molecule has 13 nitrogen and oxygen atoms in total. The third-order valence-corrected chi connectivity index (χ3v) is 13.5. The maximum Gasteiger partial charge on any atom is 0.293 e. The molecule has 1 fully saturated rings. The van der Waals surface area contributed by atoms with E-state index >= 15 is 0 Å². The molecule has 1 heterocycles. The van der Waals surface area contributed by atoms with Crippen LogP contribution in [0.5, 0.6) is 0 Å². The van der Waals surface area contributed by atoms with Gasteiger partial charge in [0.05, 0.1) is 20.5 Å². The van der Waals surface area contributed by atoms with Gasteiger partial charge in [0.15, 0.2) is 9.84 Å². The predicted molar refractivity (Wildman–Crippen MR) is 229 cm³/mol. The molecule has 0 radical (unpaired) electrons. The van der Waals surface area contributed by atoms with Gasteiger partial charge >= 0.3 is 0 Å². The van der Waals surface area contributed by atoms with Gasteiger partial charge in [-0.15, -0.1) is 0 Å². The number of sulfonamides is 1. The highest BCUT2D eigenvalue weighted by Gasteiger charge is 2.27. The number of amides is 1. The van der Waals surface area contributed by atoms with Crippen molar-refractivity contribution in [1.82, 2.24) is 9.62 Å². The van der Waals surface area contributed by atoms with Gasteiger partial charge in [-0.05, 0) is 95.9 Å². The summed E-state index contributed by atoms with van der Waals surface area (Å²) >= 11 is 6.11. The Balaban J connectivity index is 1.06. The lowest BCUT2D eigenvalue weighted by Gasteiger charge is -2.36. The second-order valence-corrected chi connectivity index (χ2v) is 18.4. The Kier molecular flexibility index (Phi) is 13.1. The monoisotopic (exact) mass is 844 g/mol. The topological polar surface area (TPSA) is 162 Å². The van der Waals surface area contributed by atoms with Crippen molar-refractivity contribution in [3.8, 4) is 11.1 Å². The number of benzene rings is 5. The molecule has 1 aliphatic rings. The number of nitrogens with one attached hydrogen (secondary N) is 2. The normalized spacial score (nSPS) is 14.1. The zero-order chi connectivity index (χ0) is 41.6. The SMILES string of the molecule is CC[C@H](CS(=O)(=O)c1ccc(N(C)C)cc1)Nc1ccc(S(=O)(=O)NC(=O)c2ccc(N3CCN(Cc4ccccc4-c4ccc(Cl)cc4)CC3)cc2)cc1[N+](=O)[O-]. The molecule has 5 aromatic rings. The Morgan fingerprint density at radius 3 is 2.10 bits per heavy atom. The van der Waals surface area contributed by atoms with E-state index in [0.29, 0.717) is 11.4 Å². The summed E-state index contributed by atoms with van der Waals surface area (Å²) < 4.78 is 55.0. The number of piperazine rings is 1. The van der Waals surface area contributed by atoms with Crippen molar-refractivity contribution >= 4 is 60.1 Å². The van der Waals surface area contributed by atoms with Gasteiger partial charge in [-0.2, -0.15) is 0 Å². The van der Waals surface area contributed by atoms with Crippen molar-refractivity contribution in [2.75, 3.05) is 61.1 Å². The molecular weight excluding hydrogens is 800 g/mol. The zero-order valence-electron chi connectivity index (χ0n) is 32.3. The number of anilines is 3. The fraction of sp³-hybridized carbons (Fsp3) is 0.262. The van der Waals surface area contributed by atoms with Crippen LogP contribution in [-0.2, 0) is 26.4 Å². The van der Waals surface area contributed by atoms with E-state index in [9.17, 15) is 31.7 Å². The lowest BCUT2D eigenvalue weighted by Crippen LogP contribution is -2.46. The van der Waals surface area contributed by atoms with Gasteiger partial charge in [-0.1, -0.05) is 54.9 Å². The van der Waals surface area contributed by atoms with Crippen LogP contribution in [0.15, 0.2) is 125 Å². The number of rotatable bonds is 15. The van der Waals surface area contributed by atoms with Crippen molar-refractivity contribution in [2.45, 2.75) is 35.7 Å². The minimum atomic E-state index is -4.53. The third-order valence-electron chi connectivity index (χ3n) is 10.1. The van der Waals surface area contributed by atoms with Crippen LogP contribution in [0.25, 0.3) is 11.1 Å². The maximum atomic E-state index is 13.3. The Morgan fingerprint density at radius 2 is 1.48 bits per heavy atom. The summed E-state index contributed by atoms with van der Waals surface area (Å²) in [5.41, 5.74) is 4.67. The molecule has 2 N–H and O–H groups in total. The molecule has 58 heavy (non-hydrogen) atoms. The molecule has 0 bridgehead atoms. The fourth-order valence-corrected chi connectivity index (χ4v) is 9.50. The molecule has 5 aromatic carbocycles. The minimum absolute atomic E-state index is 0.0561.